The largest absolute Gasteiger partial charge is 0.368 e. The van der Waals surface area contributed by atoms with Gasteiger partial charge in [-0.1, -0.05) is 48.5 Å². The third-order valence-electron chi connectivity index (χ3n) is 4.03. The Kier molecular flexibility index (Phi) is 6.71. The summed E-state index contributed by atoms with van der Waals surface area (Å²) >= 11 is 0. The quantitative estimate of drug-likeness (QED) is 0.771. The molecule has 5 nitrogen and oxygen atoms in total. The number of amides is 2. The molecule has 2 amide bonds. The second-order valence-electron chi connectivity index (χ2n) is 6.12. The van der Waals surface area contributed by atoms with Gasteiger partial charge in [0, 0.05) is 6.42 Å². The molecule has 0 fully saturated rings. The van der Waals surface area contributed by atoms with Crippen molar-refractivity contribution in [2.45, 2.75) is 32.9 Å². The Bertz CT molecular complexity index is 729. The van der Waals surface area contributed by atoms with E-state index < -0.39 is 11.9 Å². The van der Waals surface area contributed by atoms with Crippen LogP contribution in [0.4, 0.5) is 0 Å². The van der Waals surface area contributed by atoms with Gasteiger partial charge in [0.25, 0.3) is 0 Å². The maximum absolute atomic E-state index is 12.0. The number of hydrogen-bond acceptors (Lipinski definition) is 3. The van der Waals surface area contributed by atoms with Crippen molar-refractivity contribution in [2.75, 3.05) is 6.61 Å². The SMILES string of the molecule is Cc1ccc(C[C@@H](NC(=O)COCc2ccccc2)C(N)=O)cc1C. The van der Waals surface area contributed by atoms with Crippen molar-refractivity contribution in [2.24, 2.45) is 5.73 Å². The molecule has 0 aliphatic rings. The fourth-order valence-corrected chi connectivity index (χ4v) is 2.46. The van der Waals surface area contributed by atoms with E-state index >= 15 is 0 Å². The van der Waals surface area contributed by atoms with E-state index in [-0.39, 0.29) is 12.5 Å². The number of ether oxygens (including phenoxy) is 1. The Morgan fingerprint density at radius 1 is 1.04 bits per heavy atom. The third-order valence-corrected chi connectivity index (χ3v) is 4.03. The molecule has 0 spiro atoms. The van der Waals surface area contributed by atoms with Crippen LogP contribution in [0.1, 0.15) is 22.3 Å². The summed E-state index contributed by atoms with van der Waals surface area (Å²) in [4.78, 5) is 23.7. The lowest BCUT2D eigenvalue weighted by Crippen LogP contribution is -2.47. The van der Waals surface area contributed by atoms with Crippen molar-refractivity contribution < 1.29 is 14.3 Å². The number of aryl methyl sites for hydroxylation is 2. The number of nitrogens with one attached hydrogen (secondary N) is 1. The highest BCUT2D eigenvalue weighted by atomic mass is 16.5. The van der Waals surface area contributed by atoms with Gasteiger partial charge >= 0.3 is 0 Å². The molecular formula is C20H24N2O3. The van der Waals surface area contributed by atoms with Gasteiger partial charge in [-0.25, -0.2) is 0 Å². The van der Waals surface area contributed by atoms with Gasteiger partial charge in [-0.2, -0.15) is 0 Å². The van der Waals surface area contributed by atoms with Crippen LogP contribution in [0.5, 0.6) is 0 Å². The van der Waals surface area contributed by atoms with E-state index in [2.05, 4.69) is 5.32 Å². The molecule has 0 heterocycles. The summed E-state index contributed by atoms with van der Waals surface area (Å²) in [5.74, 6) is -0.918. The summed E-state index contributed by atoms with van der Waals surface area (Å²) < 4.78 is 5.38. The van der Waals surface area contributed by atoms with Crippen molar-refractivity contribution in [1.82, 2.24) is 5.32 Å². The normalized spacial score (nSPS) is 11.8. The van der Waals surface area contributed by atoms with Crippen LogP contribution in [0.3, 0.4) is 0 Å². The second-order valence-corrected chi connectivity index (χ2v) is 6.12. The Balaban J connectivity index is 1.86. The molecule has 2 aromatic rings. The van der Waals surface area contributed by atoms with E-state index in [1.807, 2.05) is 62.4 Å². The smallest absolute Gasteiger partial charge is 0.246 e. The molecule has 0 aliphatic heterocycles. The van der Waals surface area contributed by atoms with Crippen molar-refractivity contribution >= 4 is 11.8 Å². The minimum Gasteiger partial charge on any atom is -0.368 e. The molecule has 0 saturated carbocycles. The number of hydrogen-bond donors (Lipinski definition) is 2. The van der Waals surface area contributed by atoms with Crippen molar-refractivity contribution in [1.29, 1.82) is 0 Å². The van der Waals surface area contributed by atoms with E-state index in [1.165, 1.54) is 5.56 Å². The van der Waals surface area contributed by atoms with E-state index in [0.29, 0.717) is 13.0 Å². The fourth-order valence-electron chi connectivity index (χ4n) is 2.46. The molecular weight excluding hydrogens is 316 g/mol. The summed E-state index contributed by atoms with van der Waals surface area (Å²) in [6, 6.07) is 14.8. The summed E-state index contributed by atoms with van der Waals surface area (Å²) in [5.41, 5.74) is 9.68. The first-order chi connectivity index (χ1) is 12.0. The van der Waals surface area contributed by atoms with Gasteiger partial charge in [0.05, 0.1) is 6.61 Å². The number of rotatable bonds is 8. The number of carbonyl (C=O) groups is 2. The Morgan fingerprint density at radius 2 is 1.76 bits per heavy atom. The topological polar surface area (TPSA) is 81.4 Å². The van der Waals surface area contributed by atoms with E-state index in [4.69, 9.17) is 10.5 Å². The van der Waals surface area contributed by atoms with Gasteiger partial charge in [-0.3, -0.25) is 9.59 Å². The monoisotopic (exact) mass is 340 g/mol. The zero-order chi connectivity index (χ0) is 18.2. The summed E-state index contributed by atoms with van der Waals surface area (Å²) in [6.07, 6.45) is 0.362. The van der Waals surface area contributed by atoms with Gasteiger partial charge < -0.3 is 15.8 Å². The maximum Gasteiger partial charge on any atom is 0.246 e. The van der Waals surface area contributed by atoms with Gasteiger partial charge in [-0.05, 0) is 36.1 Å². The van der Waals surface area contributed by atoms with Crippen LogP contribution < -0.4 is 11.1 Å². The first-order valence-electron chi connectivity index (χ1n) is 8.22. The average Bonchev–Trinajstić information content (AvgIpc) is 2.58. The molecule has 1 atom stereocenters. The summed E-state index contributed by atoms with van der Waals surface area (Å²) in [5, 5.41) is 2.65. The van der Waals surface area contributed by atoms with Crippen LogP contribution in [0.15, 0.2) is 48.5 Å². The molecule has 5 heteroatoms. The number of nitrogens with two attached hydrogens (primary N) is 1. The lowest BCUT2D eigenvalue weighted by Gasteiger charge is -2.16. The lowest BCUT2D eigenvalue weighted by atomic mass is 10.0. The van der Waals surface area contributed by atoms with Crippen LogP contribution >= 0.6 is 0 Å². The van der Waals surface area contributed by atoms with Gasteiger partial charge in [0.1, 0.15) is 12.6 Å². The molecule has 0 radical (unpaired) electrons. The summed E-state index contributed by atoms with van der Waals surface area (Å²) in [6.45, 7) is 4.25. The molecule has 2 rings (SSSR count). The van der Waals surface area contributed by atoms with Crippen LogP contribution in [-0.2, 0) is 27.4 Å². The highest BCUT2D eigenvalue weighted by molar-refractivity contribution is 5.87. The van der Waals surface area contributed by atoms with Gasteiger partial charge in [0.2, 0.25) is 11.8 Å². The molecule has 0 aliphatic carbocycles. The first kappa shape index (κ1) is 18.7. The summed E-state index contributed by atoms with van der Waals surface area (Å²) in [7, 11) is 0. The molecule has 132 valence electrons. The minimum atomic E-state index is -0.755. The standard InChI is InChI=1S/C20H24N2O3/c1-14-8-9-17(10-15(14)2)11-18(20(21)24)22-19(23)13-25-12-16-6-4-3-5-7-16/h3-10,18H,11-13H2,1-2H3,(H2,21,24)(H,22,23)/t18-/m1/s1. The van der Waals surface area contributed by atoms with E-state index in [0.717, 1.165) is 16.7 Å². The van der Waals surface area contributed by atoms with Gasteiger partial charge in [0.15, 0.2) is 0 Å². The molecule has 2 aromatic carbocycles. The van der Waals surface area contributed by atoms with Crippen molar-refractivity contribution in [3.05, 3.63) is 70.8 Å². The Hall–Kier alpha value is -2.66. The van der Waals surface area contributed by atoms with E-state index in [1.54, 1.807) is 0 Å². The number of primary amides is 1. The van der Waals surface area contributed by atoms with Crippen molar-refractivity contribution in [3.8, 4) is 0 Å². The molecule has 0 unspecified atom stereocenters. The molecule has 0 bridgehead atoms. The molecule has 3 N–H and O–H groups in total. The molecule has 0 saturated heterocycles. The minimum absolute atomic E-state index is 0.119. The highest BCUT2D eigenvalue weighted by Gasteiger charge is 2.18. The molecule has 0 aromatic heterocycles. The fraction of sp³-hybridized carbons (Fsp3) is 0.300. The van der Waals surface area contributed by atoms with Crippen molar-refractivity contribution in [3.63, 3.8) is 0 Å². The van der Waals surface area contributed by atoms with Crippen LogP contribution in [0.2, 0.25) is 0 Å². The number of benzene rings is 2. The first-order valence-corrected chi connectivity index (χ1v) is 8.22. The van der Waals surface area contributed by atoms with Gasteiger partial charge in [-0.15, -0.1) is 0 Å². The van der Waals surface area contributed by atoms with E-state index in [9.17, 15) is 9.59 Å². The Morgan fingerprint density at radius 3 is 2.40 bits per heavy atom. The lowest BCUT2D eigenvalue weighted by molar-refractivity contribution is -0.130. The maximum atomic E-state index is 12.0. The van der Waals surface area contributed by atoms with Crippen LogP contribution in [0, 0.1) is 13.8 Å². The Labute approximate surface area is 148 Å². The average molecular weight is 340 g/mol. The second kappa shape index (κ2) is 8.99. The van der Waals surface area contributed by atoms with Crippen LogP contribution in [0.25, 0.3) is 0 Å². The highest BCUT2D eigenvalue weighted by Crippen LogP contribution is 2.11. The van der Waals surface area contributed by atoms with Crippen LogP contribution in [-0.4, -0.2) is 24.5 Å². The third kappa shape index (κ3) is 6.04. The zero-order valence-electron chi connectivity index (χ0n) is 14.6. The number of carbonyl (C=O) groups excluding carboxylic acids is 2. The predicted molar refractivity (Wildman–Crippen MR) is 96.8 cm³/mol. The predicted octanol–water partition coefficient (Wildman–Crippen LogP) is 2.03. The zero-order valence-corrected chi connectivity index (χ0v) is 14.6. The molecule has 25 heavy (non-hydrogen) atoms.